The fourth-order valence-corrected chi connectivity index (χ4v) is 5.43. The van der Waals surface area contributed by atoms with Crippen molar-refractivity contribution in [3.05, 3.63) is 68.6 Å². The molecule has 0 unspecified atom stereocenters. The van der Waals surface area contributed by atoms with E-state index in [1.54, 1.807) is 12.1 Å². The second kappa shape index (κ2) is 9.13. The highest BCUT2D eigenvalue weighted by molar-refractivity contribution is 7.98. The Morgan fingerprint density at radius 3 is 2.83 bits per heavy atom. The summed E-state index contributed by atoms with van der Waals surface area (Å²) in [6, 6.07) is 8.39. The SMILES string of the molecule is N#Cc1c(NC(=O)c2nc(SCc3ccc(F)cc3)ncc2Cl)sc2c1CCCC2. The monoisotopic (exact) mass is 458 g/mol. The number of benzene rings is 1. The summed E-state index contributed by atoms with van der Waals surface area (Å²) < 4.78 is 13.0. The number of nitriles is 1. The molecular formula is C21H16ClFN4OS2. The van der Waals surface area contributed by atoms with E-state index in [4.69, 9.17) is 11.6 Å². The summed E-state index contributed by atoms with van der Waals surface area (Å²) in [5.74, 6) is -0.238. The normalized spacial score (nSPS) is 12.8. The van der Waals surface area contributed by atoms with E-state index in [0.29, 0.717) is 21.5 Å². The van der Waals surface area contributed by atoms with Crippen molar-refractivity contribution >= 4 is 45.6 Å². The number of anilines is 1. The molecule has 5 nitrogen and oxygen atoms in total. The van der Waals surface area contributed by atoms with Gasteiger partial charge in [-0.05, 0) is 48.9 Å². The molecule has 1 aliphatic rings. The van der Waals surface area contributed by atoms with Crippen LogP contribution in [-0.4, -0.2) is 15.9 Å². The van der Waals surface area contributed by atoms with Crippen LogP contribution in [0.2, 0.25) is 5.02 Å². The van der Waals surface area contributed by atoms with Crippen LogP contribution in [0, 0.1) is 17.1 Å². The van der Waals surface area contributed by atoms with Gasteiger partial charge in [0.15, 0.2) is 10.9 Å². The molecule has 1 aliphatic carbocycles. The summed E-state index contributed by atoms with van der Waals surface area (Å²) in [5, 5.41) is 13.5. The zero-order valence-electron chi connectivity index (χ0n) is 15.7. The van der Waals surface area contributed by atoms with Crippen molar-refractivity contribution < 1.29 is 9.18 Å². The molecule has 152 valence electrons. The van der Waals surface area contributed by atoms with Gasteiger partial charge >= 0.3 is 0 Å². The number of hydrogen-bond acceptors (Lipinski definition) is 6. The molecule has 2 heterocycles. The molecule has 1 aromatic carbocycles. The van der Waals surface area contributed by atoms with Crippen LogP contribution in [0.25, 0.3) is 0 Å². The molecule has 3 aromatic rings. The average molecular weight is 459 g/mol. The molecule has 30 heavy (non-hydrogen) atoms. The number of carbonyl (C=O) groups excluding carboxylic acids is 1. The van der Waals surface area contributed by atoms with E-state index in [1.807, 2.05) is 0 Å². The van der Waals surface area contributed by atoms with Gasteiger partial charge in [0, 0.05) is 10.6 Å². The van der Waals surface area contributed by atoms with Crippen LogP contribution < -0.4 is 5.32 Å². The number of hydrogen-bond donors (Lipinski definition) is 1. The standard InChI is InChI=1S/C21H16ClFN4OS2/c22-16-10-25-21(29-11-12-5-7-13(23)8-6-12)26-18(16)19(28)27-20-15(9-24)14-3-1-2-4-17(14)30-20/h5-8,10H,1-4,11H2,(H,27,28). The van der Waals surface area contributed by atoms with E-state index in [1.165, 1.54) is 41.4 Å². The first kappa shape index (κ1) is 20.8. The van der Waals surface area contributed by atoms with E-state index in [0.717, 1.165) is 41.7 Å². The molecule has 1 amide bonds. The van der Waals surface area contributed by atoms with E-state index < -0.39 is 5.91 Å². The van der Waals surface area contributed by atoms with Crippen LogP contribution >= 0.6 is 34.7 Å². The molecule has 0 aliphatic heterocycles. The quantitative estimate of drug-likeness (QED) is 0.396. The second-order valence-electron chi connectivity index (χ2n) is 6.75. The van der Waals surface area contributed by atoms with Crippen LogP contribution in [0.15, 0.2) is 35.6 Å². The topological polar surface area (TPSA) is 78.7 Å². The van der Waals surface area contributed by atoms with E-state index in [-0.39, 0.29) is 16.5 Å². The van der Waals surface area contributed by atoms with Crippen LogP contribution in [0.3, 0.4) is 0 Å². The van der Waals surface area contributed by atoms with Gasteiger partial charge < -0.3 is 5.32 Å². The number of thioether (sulfide) groups is 1. The first-order valence-electron chi connectivity index (χ1n) is 9.31. The number of carbonyl (C=O) groups is 1. The molecule has 9 heteroatoms. The van der Waals surface area contributed by atoms with Crippen molar-refractivity contribution in [1.82, 2.24) is 9.97 Å². The Bertz CT molecular complexity index is 1140. The van der Waals surface area contributed by atoms with Crippen molar-refractivity contribution in [2.24, 2.45) is 0 Å². The van der Waals surface area contributed by atoms with Gasteiger partial charge in [-0.1, -0.05) is 35.5 Å². The van der Waals surface area contributed by atoms with E-state index >= 15 is 0 Å². The van der Waals surface area contributed by atoms with E-state index in [2.05, 4.69) is 21.4 Å². The predicted octanol–water partition coefficient (Wildman–Crippen LogP) is 5.63. The minimum Gasteiger partial charge on any atom is -0.311 e. The summed E-state index contributed by atoms with van der Waals surface area (Å²) in [6.45, 7) is 0. The first-order valence-corrected chi connectivity index (χ1v) is 11.5. The highest BCUT2D eigenvalue weighted by Crippen LogP contribution is 2.38. The number of aryl methyl sites for hydroxylation is 1. The molecule has 1 N–H and O–H groups in total. The third-order valence-corrected chi connectivity index (χ3v) is 7.14. The Labute approximate surface area is 186 Å². The number of halogens is 2. The van der Waals surface area contributed by atoms with Crippen LogP contribution in [-0.2, 0) is 18.6 Å². The number of nitrogens with one attached hydrogen (secondary N) is 1. The van der Waals surface area contributed by atoms with Gasteiger partial charge in [-0.15, -0.1) is 11.3 Å². The molecular weight excluding hydrogens is 443 g/mol. The summed E-state index contributed by atoms with van der Waals surface area (Å²) in [4.78, 5) is 22.5. The highest BCUT2D eigenvalue weighted by atomic mass is 35.5. The molecule has 0 spiro atoms. The van der Waals surface area contributed by atoms with Crippen LogP contribution in [0.1, 0.15) is 44.9 Å². The van der Waals surface area contributed by atoms with Gasteiger partial charge in [0.25, 0.3) is 5.91 Å². The number of fused-ring (bicyclic) bond motifs is 1. The molecule has 0 saturated heterocycles. The van der Waals surface area contributed by atoms with Gasteiger partial charge in [-0.3, -0.25) is 4.79 Å². The Balaban J connectivity index is 1.51. The summed E-state index contributed by atoms with van der Waals surface area (Å²) >= 11 is 8.94. The first-order chi connectivity index (χ1) is 14.5. The molecule has 0 radical (unpaired) electrons. The maximum atomic E-state index is 13.0. The lowest BCUT2D eigenvalue weighted by Crippen LogP contribution is -2.15. The van der Waals surface area contributed by atoms with Crippen molar-refractivity contribution in [3.63, 3.8) is 0 Å². The minimum atomic E-state index is -0.471. The fraction of sp³-hybridized carbons (Fsp3) is 0.238. The lowest BCUT2D eigenvalue weighted by atomic mass is 9.96. The third-order valence-electron chi connectivity index (χ3n) is 4.73. The molecule has 0 fully saturated rings. The smallest absolute Gasteiger partial charge is 0.276 e. The van der Waals surface area contributed by atoms with Crippen molar-refractivity contribution in [2.75, 3.05) is 5.32 Å². The number of thiophene rings is 1. The largest absolute Gasteiger partial charge is 0.311 e. The van der Waals surface area contributed by atoms with E-state index in [9.17, 15) is 14.4 Å². The summed E-state index contributed by atoms with van der Waals surface area (Å²) in [5.41, 5.74) is 2.56. The van der Waals surface area contributed by atoms with Gasteiger partial charge in [-0.25, -0.2) is 14.4 Å². The number of aromatic nitrogens is 2. The molecule has 4 rings (SSSR count). The Kier molecular flexibility index (Phi) is 6.32. The number of nitrogens with zero attached hydrogens (tertiary/aromatic N) is 3. The van der Waals surface area contributed by atoms with Gasteiger partial charge in [0.05, 0.1) is 16.8 Å². The Morgan fingerprint density at radius 2 is 2.07 bits per heavy atom. The third kappa shape index (κ3) is 4.48. The molecule has 0 bridgehead atoms. The second-order valence-corrected chi connectivity index (χ2v) is 9.20. The molecule has 0 saturated carbocycles. The predicted molar refractivity (Wildman–Crippen MR) is 117 cm³/mol. The fourth-order valence-electron chi connectivity index (χ4n) is 3.24. The lowest BCUT2D eigenvalue weighted by Gasteiger charge is -2.09. The number of rotatable bonds is 5. The summed E-state index contributed by atoms with van der Waals surface area (Å²) in [7, 11) is 0. The zero-order chi connectivity index (χ0) is 21.1. The maximum Gasteiger partial charge on any atom is 0.276 e. The average Bonchev–Trinajstić information content (AvgIpc) is 3.11. The van der Waals surface area contributed by atoms with Crippen molar-refractivity contribution in [1.29, 1.82) is 5.26 Å². The van der Waals surface area contributed by atoms with Crippen LogP contribution in [0.4, 0.5) is 9.39 Å². The van der Waals surface area contributed by atoms with Crippen molar-refractivity contribution in [2.45, 2.75) is 36.6 Å². The lowest BCUT2D eigenvalue weighted by molar-refractivity contribution is 0.102. The number of amides is 1. The van der Waals surface area contributed by atoms with Gasteiger partial charge in [0.2, 0.25) is 0 Å². The van der Waals surface area contributed by atoms with Gasteiger partial charge in [-0.2, -0.15) is 5.26 Å². The molecule has 0 atom stereocenters. The Hall–Kier alpha value is -2.47. The minimum absolute atomic E-state index is 0.0588. The van der Waals surface area contributed by atoms with Gasteiger partial charge in [0.1, 0.15) is 16.9 Å². The highest BCUT2D eigenvalue weighted by Gasteiger charge is 2.23. The van der Waals surface area contributed by atoms with Crippen molar-refractivity contribution in [3.8, 4) is 6.07 Å². The van der Waals surface area contributed by atoms with Crippen LogP contribution in [0.5, 0.6) is 0 Å². The maximum absolute atomic E-state index is 13.0. The Morgan fingerprint density at radius 1 is 1.30 bits per heavy atom. The molecule has 2 aromatic heterocycles. The zero-order valence-corrected chi connectivity index (χ0v) is 18.1. The summed E-state index contributed by atoms with van der Waals surface area (Å²) in [6.07, 6.45) is 5.34.